The minimum atomic E-state index is 0.365. The number of hydrogen-bond donors (Lipinski definition) is 0. The fourth-order valence-electron chi connectivity index (χ4n) is 1.95. The number of nitrogens with zero attached hydrogens (tertiary/aromatic N) is 8. The van der Waals surface area contributed by atoms with Gasteiger partial charge in [0, 0.05) is 18.1 Å². The number of hydrogen-bond acceptors (Lipinski definition) is 8. The summed E-state index contributed by atoms with van der Waals surface area (Å²) in [6, 6.07) is 1.96. The molecule has 0 amide bonds. The van der Waals surface area contributed by atoms with Gasteiger partial charge in [-0.3, -0.25) is 0 Å². The predicted octanol–water partition coefficient (Wildman–Crippen LogP) is 0.845. The molecule has 116 valence electrons. The van der Waals surface area contributed by atoms with Crippen LogP contribution in [0.1, 0.15) is 18.3 Å². The molecule has 3 heterocycles. The van der Waals surface area contributed by atoms with Crippen LogP contribution in [0.3, 0.4) is 0 Å². The smallest absolute Gasteiger partial charge is 0.291 e. The highest BCUT2D eigenvalue weighted by atomic mass is 32.2. The molecule has 22 heavy (non-hydrogen) atoms. The third-order valence-corrected chi connectivity index (χ3v) is 3.76. The maximum atomic E-state index is 5.31. The van der Waals surface area contributed by atoms with Crippen LogP contribution >= 0.6 is 11.8 Å². The Bertz CT molecular complexity index is 783. The Morgan fingerprint density at radius 2 is 1.95 bits per heavy atom. The maximum absolute atomic E-state index is 5.31. The molecule has 0 radical (unpaired) electrons. The minimum absolute atomic E-state index is 0.365. The average molecular weight is 320 g/mol. The third kappa shape index (κ3) is 2.92. The van der Waals surface area contributed by atoms with Crippen molar-refractivity contribution in [2.24, 2.45) is 0 Å². The van der Waals surface area contributed by atoms with E-state index in [0.717, 1.165) is 17.1 Å². The zero-order valence-electron chi connectivity index (χ0n) is 12.6. The van der Waals surface area contributed by atoms with Crippen molar-refractivity contribution in [1.29, 1.82) is 0 Å². The zero-order valence-corrected chi connectivity index (χ0v) is 13.4. The van der Waals surface area contributed by atoms with E-state index in [9.17, 15) is 0 Å². The number of thioether (sulfide) groups is 1. The first-order valence-electron chi connectivity index (χ1n) is 6.89. The lowest BCUT2D eigenvalue weighted by atomic mass is 10.4. The largest absolute Gasteiger partial charge is 0.381 e. The highest BCUT2D eigenvalue weighted by Crippen LogP contribution is 2.15. The van der Waals surface area contributed by atoms with Crippen molar-refractivity contribution >= 4 is 17.5 Å². The first kappa shape index (κ1) is 14.9. The van der Waals surface area contributed by atoms with Crippen molar-refractivity contribution in [2.45, 2.75) is 25.9 Å². The predicted molar refractivity (Wildman–Crippen MR) is 80.2 cm³/mol. The number of rotatable bonds is 6. The van der Waals surface area contributed by atoms with E-state index in [1.165, 1.54) is 11.8 Å². The van der Waals surface area contributed by atoms with E-state index in [1.54, 1.807) is 9.20 Å². The lowest BCUT2D eigenvalue weighted by Gasteiger charge is -2.02. The second-order valence-corrected chi connectivity index (χ2v) is 5.64. The molecule has 10 heteroatoms. The average Bonchev–Trinajstić information content (AvgIpc) is 3.06. The van der Waals surface area contributed by atoms with Gasteiger partial charge in [-0.05, 0) is 26.8 Å². The molecule has 3 aromatic rings. The maximum Gasteiger partial charge on any atom is 0.291 e. The van der Waals surface area contributed by atoms with Gasteiger partial charge in [0.05, 0.1) is 12.3 Å². The molecule has 0 saturated carbocycles. The SMILES string of the molecule is CCOCCSc1nnc2nnc(-n3nc(C)cc3C)nn12. The monoisotopic (exact) mass is 320 g/mol. The van der Waals surface area contributed by atoms with Crippen molar-refractivity contribution in [3.63, 3.8) is 0 Å². The van der Waals surface area contributed by atoms with Crippen LogP contribution < -0.4 is 0 Å². The summed E-state index contributed by atoms with van der Waals surface area (Å²) in [6.45, 7) is 7.18. The van der Waals surface area contributed by atoms with Crippen molar-refractivity contribution in [1.82, 2.24) is 39.8 Å². The molecule has 3 aromatic heterocycles. The highest BCUT2D eigenvalue weighted by Gasteiger charge is 2.13. The van der Waals surface area contributed by atoms with Crippen molar-refractivity contribution in [2.75, 3.05) is 19.0 Å². The van der Waals surface area contributed by atoms with Crippen LogP contribution in [-0.4, -0.2) is 58.8 Å². The molecule has 0 atom stereocenters. The van der Waals surface area contributed by atoms with Gasteiger partial charge in [0.2, 0.25) is 5.16 Å². The quantitative estimate of drug-likeness (QED) is 0.487. The van der Waals surface area contributed by atoms with Crippen molar-refractivity contribution in [3.05, 3.63) is 17.5 Å². The number of aromatic nitrogens is 8. The molecule has 0 aliphatic heterocycles. The third-order valence-electron chi connectivity index (χ3n) is 2.88. The van der Waals surface area contributed by atoms with Crippen molar-refractivity contribution in [3.8, 4) is 5.95 Å². The Hall–Kier alpha value is -2.07. The number of ether oxygens (including phenoxy) is 1. The van der Waals surface area contributed by atoms with E-state index >= 15 is 0 Å². The van der Waals surface area contributed by atoms with Crippen LogP contribution in [0.5, 0.6) is 0 Å². The summed E-state index contributed by atoms with van der Waals surface area (Å²) in [5.74, 6) is 1.53. The van der Waals surface area contributed by atoms with Crippen LogP contribution in [0, 0.1) is 13.8 Å². The van der Waals surface area contributed by atoms with E-state index < -0.39 is 0 Å². The lowest BCUT2D eigenvalue weighted by Crippen LogP contribution is -2.10. The second-order valence-electron chi connectivity index (χ2n) is 4.58. The molecular weight excluding hydrogens is 304 g/mol. The summed E-state index contributed by atoms with van der Waals surface area (Å²) in [4.78, 5) is 0. The summed E-state index contributed by atoms with van der Waals surface area (Å²) in [5, 5.41) is 25.6. The van der Waals surface area contributed by atoms with Gasteiger partial charge in [0.1, 0.15) is 0 Å². The fourth-order valence-corrected chi connectivity index (χ4v) is 2.68. The molecule has 9 nitrogen and oxygen atoms in total. The van der Waals surface area contributed by atoms with E-state index in [4.69, 9.17) is 4.74 Å². The van der Waals surface area contributed by atoms with Crippen LogP contribution in [0.15, 0.2) is 11.2 Å². The molecule has 0 fully saturated rings. The molecule has 0 saturated heterocycles. The Kier molecular flexibility index (Phi) is 4.29. The van der Waals surface area contributed by atoms with Crippen molar-refractivity contribution < 1.29 is 4.74 Å². The first-order valence-corrected chi connectivity index (χ1v) is 7.88. The van der Waals surface area contributed by atoms with Gasteiger partial charge in [0.25, 0.3) is 11.7 Å². The highest BCUT2D eigenvalue weighted by molar-refractivity contribution is 7.99. The Morgan fingerprint density at radius 1 is 1.14 bits per heavy atom. The molecule has 0 unspecified atom stereocenters. The van der Waals surface area contributed by atoms with Gasteiger partial charge in [-0.2, -0.15) is 9.61 Å². The summed E-state index contributed by atoms with van der Waals surface area (Å²) in [7, 11) is 0. The molecule has 0 N–H and O–H groups in total. The van der Waals surface area contributed by atoms with Gasteiger partial charge in [-0.15, -0.1) is 25.5 Å². The van der Waals surface area contributed by atoms with E-state index in [0.29, 0.717) is 30.1 Å². The van der Waals surface area contributed by atoms with Gasteiger partial charge in [-0.25, -0.2) is 4.68 Å². The fraction of sp³-hybridized carbons (Fsp3) is 0.500. The summed E-state index contributed by atoms with van der Waals surface area (Å²) < 4.78 is 8.54. The minimum Gasteiger partial charge on any atom is -0.381 e. The van der Waals surface area contributed by atoms with Crippen LogP contribution in [0.2, 0.25) is 0 Å². The Labute approximate surface area is 131 Å². The summed E-state index contributed by atoms with van der Waals surface area (Å²) >= 11 is 1.51. The number of fused-ring (bicyclic) bond motifs is 1. The molecule has 0 aliphatic carbocycles. The molecule has 0 spiro atoms. The van der Waals surface area contributed by atoms with Gasteiger partial charge >= 0.3 is 0 Å². The molecule has 0 aliphatic rings. The normalized spacial score (nSPS) is 11.4. The van der Waals surface area contributed by atoms with E-state index in [-0.39, 0.29) is 0 Å². The van der Waals surface area contributed by atoms with E-state index in [1.807, 2.05) is 26.8 Å². The lowest BCUT2D eigenvalue weighted by molar-refractivity contribution is 0.164. The van der Waals surface area contributed by atoms with E-state index in [2.05, 4.69) is 30.6 Å². The zero-order chi connectivity index (χ0) is 15.5. The Morgan fingerprint density at radius 3 is 2.68 bits per heavy atom. The number of aryl methyl sites for hydroxylation is 2. The molecular formula is C12H16N8OS. The molecule has 0 bridgehead atoms. The first-order chi connectivity index (χ1) is 10.7. The van der Waals surface area contributed by atoms with Gasteiger partial charge in [-0.1, -0.05) is 11.8 Å². The summed E-state index contributed by atoms with van der Waals surface area (Å²) in [5.41, 5.74) is 1.84. The van der Waals surface area contributed by atoms with Gasteiger partial charge < -0.3 is 4.74 Å². The molecule has 0 aromatic carbocycles. The van der Waals surface area contributed by atoms with Gasteiger partial charge in [0.15, 0.2) is 0 Å². The second kappa shape index (κ2) is 6.36. The molecule has 3 rings (SSSR count). The van der Waals surface area contributed by atoms with Crippen LogP contribution in [0.25, 0.3) is 11.7 Å². The van der Waals surface area contributed by atoms with Crippen LogP contribution in [0.4, 0.5) is 0 Å². The standard InChI is InChI=1S/C12H16N8OS/c1-4-21-5-6-22-12-16-14-10-13-15-11(18-20(10)12)19-9(3)7-8(2)17-19/h7H,4-6H2,1-3H3. The topological polar surface area (TPSA) is 95.9 Å². The summed E-state index contributed by atoms with van der Waals surface area (Å²) in [6.07, 6.45) is 0. The van der Waals surface area contributed by atoms with Crippen LogP contribution in [-0.2, 0) is 4.74 Å². The Balaban J connectivity index is 1.89.